The second-order valence-electron chi connectivity index (χ2n) is 8.20. The van der Waals surface area contributed by atoms with Crippen LogP contribution in [0.3, 0.4) is 0 Å². The number of fused-ring (bicyclic) bond motifs is 1. The summed E-state index contributed by atoms with van der Waals surface area (Å²) in [6.07, 6.45) is 2.32. The van der Waals surface area contributed by atoms with Crippen LogP contribution in [0.25, 0.3) is 10.9 Å². The number of nitrogens with zero attached hydrogens (tertiary/aromatic N) is 1. The van der Waals surface area contributed by atoms with Gasteiger partial charge in [-0.3, -0.25) is 19.2 Å². The number of rotatable bonds is 10. The molecule has 8 N–H and O–H groups in total. The maximum absolute atomic E-state index is 13.0. The second-order valence-corrected chi connectivity index (χ2v) is 8.20. The number of likely N-dealkylation sites (tertiary alicyclic amines) is 1. The van der Waals surface area contributed by atoms with Crippen LogP contribution in [-0.2, 0) is 30.4 Å². The van der Waals surface area contributed by atoms with E-state index in [4.69, 9.17) is 11.5 Å². The number of aromatic amines is 1. The Balaban J connectivity index is 1.72. The number of benzene rings is 1. The molecule has 1 aliphatic heterocycles. The number of nitrogens with one attached hydrogen (secondary N) is 3. The maximum atomic E-state index is 13.0. The Morgan fingerprint density at radius 1 is 1.18 bits per heavy atom. The molecule has 1 fully saturated rings. The van der Waals surface area contributed by atoms with E-state index in [1.54, 1.807) is 6.20 Å². The van der Waals surface area contributed by atoms with Crippen molar-refractivity contribution >= 4 is 40.5 Å². The van der Waals surface area contributed by atoms with E-state index in [1.807, 2.05) is 24.3 Å². The van der Waals surface area contributed by atoms with E-state index in [1.165, 1.54) is 4.90 Å². The molecule has 1 aliphatic rings. The zero-order valence-electron chi connectivity index (χ0n) is 18.5. The summed E-state index contributed by atoms with van der Waals surface area (Å²) in [5.41, 5.74) is 12.4. The predicted octanol–water partition coefficient (Wildman–Crippen LogP) is -1.41. The molecule has 1 aromatic carbocycles. The van der Waals surface area contributed by atoms with E-state index >= 15 is 0 Å². The highest BCUT2D eigenvalue weighted by Crippen LogP contribution is 2.20. The molecule has 182 valence electrons. The van der Waals surface area contributed by atoms with Crippen LogP contribution < -0.4 is 22.1 Å². The summed E-state index contributed by atoms with van der Waals surface area (Å²) in [6, 6.07) is 4.15. The van der Waals surface area contributed by atoms with Gasteiger partial charge in [0.2, 0.25) is 23.6 Å². The van der Waals surface area contributed by atoms with Gasteiger partial charge in [0.1, 0.15) is 12.1 Å². The number of aromatic nitrogens is 1. The van der Waals surface area contributed by atoms with E-state index in [-0.39, 0.29) is 6.42 Å². The van der Waals surface area contributed by atoms with Crippen LogP contribution in [0.1, 0.15) is 24.8 Å². The molecule has 2 aromatic rings. The molecule has 12 heteroatoms. The number of amides is 4. The van der Waals surface area contributed by atoms with Gasteiger partial charge < -0.3 is 37.1 Å². The van der Waals surface area contributed by atoms with Crippen molar-refractivity contribution in [3.05, 3.63) is 36.0 Å². The topological polar surface area (TPSA) is 201 Å². The predicted molar refractivity (Wildman–Crippen MR) is 121 cm³/mol. The fourth-order valence-corrected chi connectivity index (χ4v) is 4.03. The molecule has 3 unspecified atom stereocenters. The number of hydrogen-bond donors (Lipinski definition) is 6. The lowest BCUT2D eigenvalue weighted by Crippen LogP contribution is -2.54. The van der Waals surface area contributed by atoms with Crippen LogP contribution in [0.2, 0.25) is 0 Å². The highest BCUT2D eigenvalue weighted by Gasteiger charge is 2.34. The zero-order valence-corrected chi connectivity index (χ0v) is 18.5. The van der Waals surface area contributed by atoms with E-state index in [9.17, 15) is 29.1 Å². The van der Waals surface area contributed by atoms with Crippen LogP contribution in [-0.4, -0.2) is 75.8 Å². The van der Waals surface area contributed by atoms with Gasteiger partial charge in [-0.25, -0.2) is 4.79 Å². The normalized spacial score (nSPS) is 17.2. The fraction of sp³-hybridized carbons (Fsp3) is 0.409. The first-order chi connectivity index (χ1) is 16.2. The largest absolute Gasteiger partial charge is 0.480 e. The molecule has 1 saturated heterocycles. The molecule has 0 aliphatic carbocycles. The number of H-pyrrole nitrogens is 1. The average Bonchev–Trinajstić information content (AvgIpc) is 3.44. The molecule has 12 nitrogen and oxygen atoms in total. The minimum absolute atomic E-state index is 0.0839. The first-order valence-electron chi connectivity index (χ1n) is 10.9. The van der Waals surface area contributed by atoms with Crippen molar-refractivity contribution < 1.29 is 29.1 Å². The molecule has 2 heterocycles. The lowest BCUT2D eigenvalue weighted by molar-refractivity contribution is -0.148. The molecule has 4 amide bonds. The van der Waals surface area contributed by atoms with Gasteiger partial charge in [0.15, 0.2) is 0 Å². The quantitative estimate of drug-likeness (QED) is 0.244. The van der Waals surface area contributed by atoms with Crippen molar-refractivity contribution in [1.82, 2.24) is 20.5 Å². The number of nitrogens with two attached hydrogens (primary N) is 2. The van der Waals surface area contributed by atoms with Gasteiger partial charge in [0.05, 0.1) is 19.0 Å². The molecule has 0 bridgehead atoms. The molecular weight excluding hydrogens is 444 g/mol. The number of primary amides is 1. The van der Waals surface area contributed by atoms with Gasteiger partial charge in [-0.1, -0.05) is 18.2 Å². The smallest absolute Gasteiger partial charge is 0.326 e. The number of carbonyl (C=O) groups excluding carboxylic acids is 4. The number of carbonyl (C=O) groups is 5. The van der Waals surface area contributed by atoms with Gasteiger partial charge >= 0.3 is 5.97 Å². The van der Waals surface area contributed by atoms with Crippen molar-refractivity contribution in [2.24, 2.45) is 11.5 Å². The highest BCUT2D eigenvalue weighted by molar-refractivity contribution is 5.94. The van der Waals surface area contributed by atoms with Crippen molar-refractivity contribution in [2.45, 2.75) is 43.8 Å². The lowest BCUT2D eigenvalue weighted by Gasteiger charge is -2.23. The SMILES string of the molecule is NC(=O)CC(N)C(=O)NC(Cc1c[nH]c2ccccc12)C(=O)NCC(=O)N1CCCC1C(=O)O. The summed E-state index contributed by atoms with van der Waals surface area (Å²) in [5, 5.41) is 15.1. The lowest BCUT2D eigenvalue weighted by atomic mass is 10.0. The van der Waals surface area contributed by atoms with Crippen LogP contribution in [0.4, 0.5) is 0 Å². The number of aliphatic carboxylic acids is 1. The summed E-state index contributed by atoms with van der Waals surface area (Å²) < 4.78 is 0. The Bertz CT molecular complexity index is 1100. The average molecular weight is 473 g/mol. The molecule has 0 spiro atoms. The Hall–Kier alpha value is -3.93. The third kappa shape index (κ3) is 5.90. The monoisotopic (exact) mass is 472 g/mol. The van der Waals surface area contributed by atoms with Crippen molar-refractivity contribution in [3.63, 3.8) is 0 Å². The van der Waals surface area contributed by atoms with Gasteiger partial charge in [-0.2, -0.15) is 0 Å². The first-order valence-corrected chi connectivity index (χ1v) is 10.9. The number of carboxylic acid groups (broad SMARTS) is 1. The summed E-state index contributed by atoms with van der Waals surface area (Å²) >= 11 is 0. The standard InChI is InChI=1S/C22H28N6O6/c23-14(9-18(24)29)20(31)27-16(8-12-10-25-15-5-2-1-4-13(12)15)21(32)26-11-19(30)28-7-3-6-17(28)22(33)34/h1-2,4-5,10,14,16-17,25H,3,6-9,11,23H2,(H2,24,29)(H,26,32)(H,27,31)(H,33,34). The third-order valence-electron chi connectivity index (χ3n) is 5.76. The molecule has 3 atom stereocenters. The van der Waals surface area contributed by atoms with Gasteiger partial charge in [0.25, 0.3) is 0 Å². The summed E-state index contributed by atoms with van der Waals surface area (Å²) in [6.45, 7) is -0.126. The van der Waals surface area contributed by atoms with Gasteiger partial charge in [-0.05, 0) is 24.5 Å². The maximum Gasteiger partial charge on any atom is 0.326 e. The van der Waals surface area contributed by atoms with E-state index in [0.717, 1.165) is 16.5 Å². The Morgan fingerprint density at radius 3 is 2.62 bits per heavy atom. The van der Waals surface area contributed by atoms with Crippen LogP contribution in [0.5, 0.6) is 0 Å². The Morgan fingerprint density at radius 2 is 1.91 bits per heavy atom. The number of carboxylic acids is 1. The van der Waals surface area contributed by atoms with Crippen LogP contribution in [0.15, 0.2) is 30.5 Å². The van der Waals surface area contributed by atoms with Crippen LogP contribution in [0, 0.1) is 0 Å². The summed E-state index contributed by atoms with van der Waals surface area (Å²) in [7, 11) is 0. The molecule has 0 radical (unpaired) electrons. The summed E-state index contributed by atoms with van der Waals surface area (Å²) in [4.78, 5) is 64.7. The first kappa shape index (κ1) is 24.7. The van der Waals surface area contributed by atoms with Gasteiger partial charge in [-0.15, -0.1) is 0 Å². The minimum Gasteiger partial charge on any atom is -0.480 e. The molecular formula is C22H28N6O6. The van der Waals surface area contributed by atoms with E-state index < -0.39 is 60.7 Å². The van der Waals surface area contributed by atoms with E-state index in [0.29, 0.717) is 19.4 Å². The Kier molecular flexibility index (Phi) is 7.84. The molecule has 0 saturated carbocycles. The molecule has 34 heavy (non-hydrogen) atoms. The van der Waals surface area contributed by atoms with Crippen molar-refractivity contribution in [3.8, 4) is 0 Å². The second kappa shape index (κ2) is 10.8. The number of hydrogen-bond acceptors (Lipinski definition) is 6. The van der Waals surface area contributed by atoms with E-state index in [2.05, 4.69) is 15.6 Å². The van der Waals surface area contributed by atoms with Crippen molar-refractivity contribution in [2.75, 3.05) is 13.1 Å². The third-order valence-corrected chi connectivity index (χ3v) is 5.76. The number of para-hydroxylation sites is 1. The highest BCUT2D eigenvalue weighted by atomic mass is 16.4. The molecule has 3 rings (SSSR count). The summed E-state index contributed by atoms with van der Waals surface area (Å²) in [5.74, 6) is -3.77. The zero-order chi connectivity index (χ0) is 24.8. The van der Waals surface area contributed by atoms with Gasteiger partial charge in [0, 0.05) is 30.1 Å². The van der Waals surface area contributed by atoms with Crippen molar-refractivity contribution in [1.29, 1.82) is 0 Å². The van der Waals surface area contributed by atoms with Crippen LogP contribution >= 0.6 is 0 Å². The Labute approximate surface area is 195 Å². The fourth-order valence-electron chi connectivity index (χ4n) is 4.03. The molecule has 1 aromatic heterocycles. The minimum atomic E-state index is -1.24.